The van der Waals surface area contributed by atoms with Crippen LogP contribution in [-0.2, 0) is 7.05 Å². The lowest BCUT2D eigenvalue weighted by Gasteiger charge is -2.15. The zero-order valence-electron chi connectivity index (χ0n) is 13.3. The van der Waals surface area contributed by atoms with E-state index < -0.39 is 0 Å². The number of hydrogen-bond donors (Lipinski definition) is 1. The van der Waals surface area contributed by atoms with Crippen LogP contribution in [0.2, 0.25) is 0 Å². The number of tetrazole rings is 1. The van der Waals surface area contributed by atoms with Gasteiger partial charge in [-0.25, -0.2) is 0 Å². The number of nitrogens with one attached hydrogen (secondary N) is 1. The van der Waals surface area contributed by atoms with Crippen LogP contribution in [0, 0.1) is 13.8 Å². The number of carbonyl (C=O) groups is 1. The third-order valence-corrected chi connectivity index (χ3v) is 4.69. The summed E-state index contributed by atoms with van der Waals surface area (Å²) in [6, 6.07) is 1.68. The Morgan fingerprint density at radius 3 is 2.78 bits per heavy atom. The molecular formula is C14H17N7OS. The van der Waals surface area contributed by atoms with Crippen LogP contribution >= 0.6 is 11.3 Å². The fourth-order valence-corrected chi connectivity index (χ4v) is 3.46. The van der Waals surface area contributed by atoms with Crippen molar-refractivity contribution >= 4 is 17.2 Å². The zero-order valence-corrected chi connectivity index (χ0v) is 14.1. The average molecular weight is 331 g/mol. The molecule has 0 unspecified atom stereocenters. The molecule has 0 bridgehead atoms. The number of aryl methyl sites for hydroxylation is 2. The molecule has 0 saturated carbocycles. The molecular weight excluding hydrogens is 314 g/mol. The molecule has 0 aliphatic rings. The van der Waals surface area contributed by atoms with Crippen LogP contribution in [-0.4, -0.2) is 35.9 Å². The summed E-state index contributed by atoms with van der Waals surface area (Å²) >= 11 is 1.36. The van der Waals surface area contributed by atoms with Crippen LogP contribution in [0.15, 0.2) is 17.8 Å². The van der Waals surface area contributed by atoms with Gasteiger partial charge in [0.25, 0.3) is 5.91 Å². The fraction of sp³-hybridized carbons (Fsp3) is 0.357. The molecule has 0 spiro atoms. The van der Waals surface area contributed by atoms with E-state index in [1.807, 2.05) is 43.9 Å². The quantitative estimate of drug-likeness (QED) is 0.783. The van der Waals surface area contributed by atoms with Gasteiger partial charge >= 0.3 is 0 Å². The maximum atomic E-state index is 12.6. The van der Waals surface area contributed by atoms with Gasteiger partial charge in [-0.05, 0) is 42.6 Å². The third-order valence-electron chi connectivity index (χ3n) is 3.79. The van der Waals surface area contributed by atoms with E-state index in [2.05, 4.69) is 25.9 Å². The van der Waals surface area contributed by atoms with E-state index in [4.69, 9.17) is 0 Å². The number of nitrogens with zero attached hydrogens (tertiary/aromatic N) is 6. The van der Waals surface area contributed by atoms with Gasteiger partial charge in [-0.15, -0.1) is 16.4 Å². The summed E-state index contributed by atoms with van der Waals surface area (Å²) in [5.41, 5.74) is 3.68. The Balaban J connectivity index is 1.84. The topological polar surface area (TPSA) is 90.5 Å². The average Bonchev–Trinajstić information content (AvgIpc) is 3.20. The summed E-state index contributed by atoms with van der Waals surface area (Å²) in [5.74, 6) is -0.152. The molecule has 0 aliphatic heterocycles. The Labute approximate surface area is 137 Å². The van der Waals surface area contributed by atoms with E-state index in [9.17, 15) is 4.79 Å². The van der Waals surface area contributed by atoms with Crippen LogP contribution in [0.25, 0.3) is 5.69 Å². The van der Waals surface area contributed by atoms with E-state index in [0.29, 0.717) is 10.6 Å². The lowest BCUT2D eigenvalue weighted by molar-refractivity contribution is 0.0943. The van der Waals surface area contributed by atoms with Crippen molar-refractivity contribution in [2.75, 3.05) is 0 Å². The molecule has 1 amide bonds. The van der Waals surface area contributed by atoms with Crippen LogP contribution < -0.4 is 5.32 Å². The molecule has 1 atom stereocenters. The summed E-state index contributed by atoms with van der Waals surface area (Å²) in [5, 5.41) is 20.3. The molecule has 3 rings (SSSR count). The Bertz CT molecular complexity index is 834. The van der Waals surface area contributed by atoms with Gasteiger partial charge in [0.2, 0.25) is 0 Å². The number of hydrogen-bond acceptors (Lipinski definition) is 6. The molecule has 9 heteroatoms. The highest BCUT2D eigenvalue weighted by Gasteiger charge is 2.21. The van der Waals surface area contributed by atoms with E-state index in [1.54, 1.807) is 0 Å². The normalized spacial score (nSPS) is 12.3. The highest BCUT2D eigenvalue weighted by atomic mass is 32.1. The Morgan fingerprint density at radius 2 is 2.17 bits per heavy atom. The number of carbonyl (C=O) groups excluding carboxylic acids is 1. The van der Waals surface area contributed by atoms with Crippen molar-refractivity contribution in [2.24, 2.45) is 7.05 Å². The molecule has 0 radical (unpaired) electrons. The third kappa shape index (κ3) is 2.74. The first-order valence-corrected chi connectivity index (χ1v) is 7.98. The Morgan fingerprint density at radius 1 is 1.39 bits per heavy atom. The van der Waals surface area contributed by atoms with Crippen LogP contribution in [0.4, 0.5) is 0 Å². The molecule has 0 saturated heterocycles. The first-order chi connectivity index (χ1) is 11.0. The van der Waals surface area contributed by atoms with E-state index in [1.165, 1.54) is 22.3 Å². The molecule has 1 N–H and O–H groups in total. The highest BCUT2D eigenvalue weighted by Crippen LogP contribution is 2.24. The van der Waals surface area contributed by atoms with Crippen molar-refractivity contribution in [2.45, 2.75) is 26.8 Å². The smallest absolute Gasteiger partial charge is 0.264 e. The Hall–Kier alpha value is -2.55. The summed E-state index contributed by atoms with van der Waals surface area (Å²) in [7, 11) is 1.90. The summed E-state index contributed by atoms with van der Waals surface area (Å²) in [6.07, 6.45) is 1.47. The largest absolute Gasteiger partial charge is 0.345 e. The molecule has 0 aromatic carbocycles. The van der Waals surface area contributed by atoms with Gasteiger partial charge in [-0.1, -0.05) is 0 Å². The second-order valence-electron chi connectivity index (χ2n) is 5.29. The number of amides is 1. The molecule has 120 valence electrons. The molecule has 3 aromatic rings. The number of aromatic nitrogens is 6. The predicted octanol–water partition coefficient (Wildman–Crippen LogP) is 1.57. The maximum absolute atomic E-state index is 12.6. The van der Waals surface area contributed by atoms with Crippen LogP contribution in [0.5, 0.6) is 0 Å². The minimum atomic E-state index is -0.152. The second kappa shape index (κ2) is 5.92. The van der Waals surface area contributed by atoms with Gasteiger partial charge in [0.05, 0.1) is 17.4 Å². The molecule has 3 heterocycles. The van der Waals surface area contributed by atoms with Crippen molar-refractivity contribution in [3.8, 4) is 5.69 Å². The van der Waals surface area contributed by atoms with E-state index in [0.717, 1.165) is 17.0 Å². The minimum absolute atomic E-state index is 0.139. The fourth-order valence-electron chi connectivity index (χ4n) is 2.68. The van der Waals surface area contributed by atoms with Crippen molar-refractivity contribution in [3.05, 3.63) is 39.6 Å². The molecule has 23 heavy (non-hydrogen) atoms. The molecule has 0 aliphatic carbocycles. The van der Waals surface area contributed by atoms with Crippen LogP contribution in [0.3, 0.4) is 0 Å². The Kier molecular flexibility index (Phi) is 3.95. The summed E-state index contributed by atoms with van der Waals surface area (Å²) in [4.78, 5) is 13.2. The monoisotopic (exact) mass is 331 g/mol. The van der Waals surface area contributed by atoms with E-state index in [-0.39, 0.29) is 11.9 Å². The molecule has 8 nitrogen and oxygen atoms in total. The first kappa shape index (κ1) is 15.3. The first-order valence-electron chi connectivity index (χ1n) is 7.11. The van der Waals surface area contributed by atoms with Crippen molar-refractivity contribution in [1.82, 2.24) is 35.3 Å². The van der Waals surface area contributed by atoms with Crippen molar-refractivity contribution < 1.29 is 4.79 Å². The van der Waals surface area contributed by atoms with Gasteiger partial charge in [0.1, 0.15) is 11.2 Å². The predicted molar refractivity (Wildman–Crippen MR) is 85.6 cm³/mol. The van der Waals surface area contributed by atoms with Gasteiger partial charge in [0, 0.05) is 18.3 Å². The summed E-state index contributed by atoms with van der Waals surface area (Å²) < 4.78 is 3.31. The lowest BCUT2D eigenvalue weighted by Crippen LogP contribution is -2.27. The molecule has 3 aromatic heterocycles. The van der Waals surface area contributed by atoms with Crippen LogP contribution in [0.1, 0.15) is 39.6 Å². The van der Waals surface area contributed by atoms with E-state index >= 15 is 0 Å². The van der Waals surface area contributed by atoms with Crippen molar-refractivity contribution in [1.29, 1.82) is 0 Å². The van der Waals surface area contributed by atoms with Gasteiger partial charge < -0.3 is 5.32 Å². The van der Waals surface area contributed by atoms with Gasteiger partial charge in [-0.2, -0.15) is 9.78 Å². The van der Waals surface area contributed by atoms with Gasteiger partial charge in [0.15, 0.2) is 0 Å². The number of thiophene rings is 1. The highest BCUT2D eigenvalue weighted by molar-refractivity contribution is 7.12. The van der Waals surface area contributed by atoms with Crippen molar-refractivity contribution in [3.63, 3.8) is 0 Å². The zero-order chi connectivity index (χ0) is 16.6. The lowest BCUT2D eigenvalue weighted by atomic mass is 10.1. The van der Waals surface area contributed by atoms with Gasteiger partial charge in [-0.3, -0.25) is 9.48 Å². The second-order valence-corrected chi connectivity index (χ2v) is 6.21. The molecule has 0 fully saturated rings. The minimum Gasteiger partial charge on any atom is -0.345 e. The summed E-state index contributed by atoms with van der Waals surface area (Å²) in [6.45, 7) is 5.90. The number of rotatable bonds is 4. The SMILES string of the molecule is Cc1nn(C)c(C)c1[C@@H](C)NC(=O)c1sccc1-n1cnnn1. The standard InChI is InChI=1S/C14H17N7OS/c1-8(12-9(2)17-20(4)10(12)3)16-14(22)13-11(5-6-23-13)21-7-15-18-19-21/h5-8H,1-4H3,(H,16,22)/t8-/m1/s1. The maximum Gasteiger partial charge on any atom is 0.264 e.